The number of pyridine rings is 1. The van der Waals surface area contributed by atoms with Crippen LogP contribution < -0.4 is 5.73 Å². The fourth-order valence-corrected chi connectivity index (χ4v) is 2.11. The fourth-order valence-electron chi connectivity index (χ4n) is 2.11. The Bertz CT molecular complexity index is 631. The predicted molar refractivity (Wildman–Crippen MR) is 81.0 cm³/mol. The van der Waals surface area contributed by atoms with Gasteiger partial charge in [-0.1, -0.05) is 18.2 Å². The maximum Gasteiger partial charge on any atom is 0.272 e. The number of carbonyl (C=O) groups is 1. The number of anilines is 1. The van der Waals surface area contributed by atoms with E-state index in [4.69, 9.17) is 15.6 Å². The molecule has 1 aromatic carbocycles. The molecule has 0 atom stereocenters. The van der Waals surface area contributed by atoms with E-state index in [2.05, 4.69) is 4.98 Å². The molecule has 6 nitrogen and oxygen atoms in total. The third-order valence-corrected chi connectivity index (χ3v) is 3.19. The quantitative estimate of drug-likeness (QED) is 0.824. The molecule has 1 heterocycles. The van der Waals surface area contributed by atoms with Gasteiger partial charge in [-0.05, 0) is 12.1 Å². The van der Waals surface area contributed by atoms with Crippen LogP contribution in [-0.2, 0) is 4.74 Å². The van der Waals surface area contributed by atoms with E-state index < -0.39 is 0 Å². The minimum atomic E-state index is -0.265. The number of rotatable bonds is 6. The number of benzene rings is 1. The van der Waals surface area contributed by atoms with Gasteiger partial charge >= 0.3 is 0 Å². The van der Waals surface area contributed by atoms with Gasteiger partial charge in [0.25, 0.3) is 5.91 Å². The normalized spacial score (nSPS) is 10.8. The summed E-state index contributed by atoms with van der Waals surface area (Å²) < 4.78 is 4.98. The summed E-state index contributed by atoms with van der Waals surface area (Å²) in [6.07, 6.45) is 0. The summed E-state index contributed by atoms with van der Waals surface area (Å²) in [5, 5.41) is 9.90. The molecule has 0 unspecified atom stereocenters. The van der Waals surface area contributed by atoms with Crippen LogP contribution in [0.15, 0.2) is 30.3 Å². The molecular formula is C15H19N3O3. The summed E-state index contributed by atoms with van der Waals surface area (Å²) in [5.74, 6) is -0.265. The highest BCUT2D eigenvalue weighted by Crippen LogP contribution is 2.20. The molecule has 0 aliphatic heterocycles. The second-order valence-electron chi connectivity index (χ2n) is 4.62. The number of fused-ring (bicyclic) bond motifs is 1. The predicted octanol–water partition coefficient (Wildman–Crippen LogP) is 0.898. The molecule has 0 saturated carbocycles. The van der Waals surface area contributed by atoms with E-state index in [1.54, 1.807) is 13.2 Å². The molecule has 0 aliphatic rings. The lowest BCUT2D eigenvalue weighted by molar-refractivity contribution is 0.0651. The minimum absolute atomic E-state index is 0.113. The number of hydrogen-bond acceptors (Lipinski definition) is 5. The summed E-state index contributed by atoms with van der Waals surface area (Å²) in [5.41, 5.74) is 7.45. The zero-order chi connectivity index (χ0) is 15.2. The Hall–Kier alpha value is -2.18. The SMILES string of the molecule is COCCN(CCO)C(=O)c1cc(N)c2ccccc2n1. The third-order valence-electron chi connectivity index (χ3n) is 3.19. The van der Waals surface area contributed by atoms with Gasteiger partial charge in [-0.25, -0.2) is 4.98 Å². The van der Waals surface area contributed by atoms with E-state index >= 15 is 0 Å². The van der Waals surface area contributed by atoms with Gasteiger partial charge in [-0.15, -0.1) is 0 Å². The molecule has 3 N–H and O–H groups in total. The van der Waals surface area contributed by atoms with E-state index in [1.165, 1.54) is 4.90 Å². The van der Waals surface area contributed by atoms with Crippen LogP contribution in [0.1, 0.15) is 10.5 Å². The number of aromatic nitrogens is 1. The molecule has 2 aromatic rings. The first kappa shape index (κ1) is 15.2. The first-order valence-electron chi connectivity index (χ1n) is 6.71. The molecule has 21 heavy (non-hydrogen) atoms. The second kappa shape index (κ2) is 7.01. The van der Waals surface area contributed by atoms with E-state index in [1.807, 2.05) is 24.3 Å². The van der Waals surface area contributed by atoms with Crippen LogP contribution in [0.4, 0.5) is 5.69 Å². The Balaban J connectivity index is 2.32. The monoisotopic (exact) mass is 289 g/mol. The maximum atomic E-state index is 12.5. The van der Waals surface area contributed by atoms with Gasteiger partial charge in [-0.3, -0.25) is 4.79 Å². The van der Waals surface area contributed by atoms with Crippen molar-refractivity contribution in [2.45, 2.75) is 0 Å². The van der Waals surface area contributed by atoms with Crippen molar-refractivity contribution < 1.29 is 14.6 Å². The summed E-state index contributed by atoms with van der Waals surface area (Å²) in [6.45, 7) is 0.911. The first-order chi connectivity index (χ1) is 10.2. The summed E-state index contributed by atoms with van der Waals surface area (Å²) in [7, 11) is 1.56. The lowest BCUT2D eigenvalue weighted by Gasteiger charge is -2.21. The van der Waals surface area contributed by atoms with Crippen molar-refractivity contribution in [3.05, 3.63) is 36.0 Å². The number of carbonyl (C=O) groups excluding carboxylic acids is 1. The van der Waals surface area contributed by atoms with Gasteiger partial charge in [0.05, 0.1) is 18.7 Å². The number of amides is 1. The molecular weight excluding hydrogens is 270 g/mol. The van der Waals surface area contributed by atoms with Gasteiger partial charge in [0.15, 0.2) is 0 Å². The molecule has 0 spiro atoms. The van der Waals surface area contributed by atoms with Crippen molar-refractivity contribution >= 4 is 22.5 Å². The lowest BCUT2D eigenvalue weighted by atomic mass is 10.1. The van der Waals surface area contributed by atoms with Crippen molar-refractivity contribution in [1.29, 1.82) is 0 Å². The smallest absolute Gasteiger partial charge is 0.272 e. The number of nitrogens with two attached hydrogens (primary N) is 1. The largest absolute Gasteiger partial charge is 0.398 e. The lowest BCUT2D eigenvalue weighted by Crippen LogP contribution is -2.36. The van der Waals surface area contributed by atoms with Gasteiger partial charge in [0, 0.05) is 31.3 Å². The third kappa shape index (κ3) is 3.48. The Morgan fingerprint density at radius 1 is 1.38 bits per heavy atom. The van der Waals surface area contributed by atoms with Crippen LogP contribution >= 0.6 is 0 Å². The Morgan fingerprint density at radius 3 is 2.86 bits per heavy atom. The van der Waals surface area contributed by atoms with E-state index in [-0.39, 0.29) is 24.8 Å². The van der Waals surface area contributed by atoms with Gasteiger partial charge in [0.1, 0.15) is 5.69 Å². The molecule has 6 heteroatoms. The van der Waals surface area contributed by atoms with Crippen molar-refractivity contribution in [2.24, 2.45) is 0 Å². The average molecular weight is 289 g/mol. The number of para-hydroxylation sites is 1. The summed E-state index contributed by atoms with van der Waals surface area (Å²) in [4.78, 5) is 18.3. The highest BCUT2D eigenvalue weighted by Gasteiger charge is 2.17. The van der Waals surface area contributed by atoms with Crippen LogP contribution in [-0.4, -0.2) is 54.3 Å². The Kier molecular flexibility index (Phi) is 5.08. The standard InChI is InChI=1S/C15H19N3O3/c1-21-9-7-18(6-8-19)15(20)14-10-12(16)11-4-2-3-5-13(11)17-14/h2-5,10,19H,6-9H2,1H3,(H2,16,17). The summed E-state index contributed by atoms with van der Waals surface area (Å²) >= 11 is 0. The first-order valence-corrected chi connectivity index (χ1v) is 6.71. The Labute approximate surface area is 123 Å². The van der Waals surface area contributed by atoms with Crippen LogP contribution in [0.2, 0.25) is 0 Å². The van der Waals surface area contributed by atoms with Crippen molar-refractivity contribution in [1.82, 2.24) is 9.88 Å². The highest BCUT2D eigenvalue weighted by molar-refractivity contribution is 5.99. The van der Waals surface area contributed by atoms with Gasteiger partial charge in [0.2, 0.25) is 0 Å². The molecule has 0 saturated heterocycles. The number of nitrogen functional groups attached to an aromatic ring is 1. The van der Waals surface area contributed by atoms with Crippen LogP contribution in [0.5, 0.6) is 0 Å². The number of ether oxygens (including phenoxy) is 1. The number of hydrogen-bond donors (Lipinski definition) is 2. The van der Waals surface area contributed by atoms with Crippen LogP contribution in [0, 0.1) is 0 Å². The molecule has 1 amide bonds. The number of aliphatic hydroxyl groups excluding tert-OH is 1. The molecule has 0 fully saturated rings. The molecule has 0 aliphatic carbocycles. The number of aliphatic hydroxyl groups is 1. The molecule has 0 bridgehead atoms. The second-order valence-corrected chi connectivity index (χ2v) is 4.62. The van der Waals surface area contributed by atoms with Crippen LogP contribution in [0.3, 0.4) is 0 Å². The summed E-state index contributed by atoms with van der Waals surface area (Å²) in [6, 6.07) is 8.97. The number of nitrogens with zero attached hydrogens (tertiary/aromatic N) is 2. The number of methoxy groups -OCH3 is 1. The fraction of sp³-hybridized carbons (Fsp3) is 0.333. The zero-order valence-corrected chi connectivity index (χ0v) is 12.0. The van der Waals surface area contributed by atoms with E-state index in [9.17, 15) is 4.79 Å². The minimum Gasteiger partial charge on any atom is -0.398 e. The topological polar surface area (TPSA) is 88.7 Å². The van der Waals surface area contributed by atoms with Gasteiger partial charge < -0.3 is 20.5 Å². The van der Waals surface area contributed by atoms with Crippen molar-refractivity contribution in [3.63, 3.8) is 0 Å². The van der Waals surface area contributed by atoms with E-state index in [0.29, 0.717) is 24.4 Å². The highest BCUT2D eigenvalue weighted by atomic mass is 16.5. The van der Waals surface area contributed by atoms with Crippen molar-refractivity contribution in [2.75, 3.05) is 39.1 Å². The zero-order valence-electron chi connectivity index (χ0n) is 12.0. The Morgan fingerprint density at radius 2 is 2.14 bits per heavy atom. The van der Waals surface area contributed by atoms with Gasteiger partial charge in [-0.2, -0.15) is 0 Å². The maximum absolute atomic E-state index is 12.5. The average Bonchev–Trinajstić information content (AvgIpc) is 2.50. The molecule has 1 aromatic heterocycles. The van der Waals surface area contributed by atoms with Crippen molar-refractivity contribution in [3.8, 4) is 0 Å². The van der Waals surface area contributed by atoms with E-state index in [0.717, 1.165) is 5.39 Å². The molecule has 112 valence electrons. The van der Waals surface area contributed by atoms with Crippen LogP contribution in [0.25, 0.3) is 10.9 Å². The molecule has 0 radical (unpaired) electrons. The molecule has 2 rings (SSSR count).